The van der Waals surface area contributed by atoms with Gasteiger partial charge in [-0.2, -0.15) is 0 Å². The number of fused-ring (bicyclic) bond motifs is 2. The molecule has 4 aromatic heterocycles. The highest BCUT2D eigenvalue weighted by molar-refractivity contribution is 7.99. The first-order valence-corrected chi connectivity index (χ1v) is 11.6. The van der Waals surface area contributed by atoms with Gasteiger partial charge in [-0.05, 0) is 49.8 Å². The van der Waals surface area contributed by atoms with Gasteiger partial charge in [0.2, 0.25) is 5.95 Å². The van der Waals surface area contributed by atoms with Crippen LogP contribution in [-0.2, 0) is 4.74 Å². The predicted octanol–water partition coefficient (Wildman–Crippen LogP) is 4.22. The Labute approximate surface area is 184 Å². The summed E-state index contributed by atoms with van der Waals surface area (Å²) in [4.78, 5) is 22.9. The monoisotopic (exact) mass is 432 g/mol. The van der Waals surface area contributed by atoms with E-state index in [-0.39, 0.29) is 0 Å². The average Bonchev–Trinajstić information content (AvgIpc) is 3.43. The molecule has 4 aromatic rings. The number of anilines is 1. The Hall–Kier alpha value is -2.71. The number of nitrogens with zero attached hydrogens (tertiary/aromatic N) is 6. The molecule has 1 atom stereocenters. The Kier molecular flexibility index (Phi) is 4.57. The highest BCUT2D eigenvalue weighted by Gasteiger charge is 2.41. The molecule has 6 heterocycles. The number of hydrogen-bond donors (Lipinski definition) is 0. The first-order valence-electron chi connectivity index (χ1n) is 10.8. The fourth-order valence-electron chi connectivity index (χ4n) is 4.92. The van der Waals surface area contributed by atoms with E-state index in [0.717, 1.165) is 65.0 Å². The van der Waals surface area contributed by atoms with E-state index in [2.05, 4.69) is 31.2 Å². The summed E-state index contributed by atoms with van der Waals surface area (Å²) in [5.41, 5.74) is 3.07. The fourth-order valence-corrected chi connectivity index (χ4v) is 5.89. The van der Waals surface area contributed by atoms with Gasteiger partial charge in [0.05, 0.1) is 23.1 Å². The molecule has 0 N–H and O–H groups in total. The minimum absolute atomic E-state index is 0.356. The molecule has 0 amide bonds. The predicted molar refractivity (Wildman–Crippen MR) is 121 cm³/mol. The molecule has 1 spiro atoms. The molecule has 8 heteroatoms. The van der Waals surface area contributed by atoms with Crippen molar-refractivity contribution in [3.05, 3.63) is 49.2 Å². The maximum atomic E-state index is 5.89. The van der Waals surface area contributed by atoms with Crippen molar-refractivity contribution in [2.24, 2.45) is 5.41 Å². The second-order valence-corrected chi connectivity index (χ2v) is 9.72. The van der Waals surface area contributed by atoms with E-state index in [1.165, 1.54) is 6.42 Å². The van der Waals surface area contributed by atoms with Crippen LogP contribution in [-0.4, -0.2) is 50.1 Å². The van der Waals surface area contributed by atoms with Gasteiger partial charge in [0.25, 0.3) is 0 Å². The van der Waals surface area contributed by atoms with E-state index in [4.69, 9.17) is 9.72 Å². The van der Waals surface area contributed by atoms with Gasteiger partial charge in [-0.25, -0.2) is 9.97 Å². The third kappa shape index (κ3) is 3.34. The smallest absolute Gasteiger partial charge is 0.211 e. The van der Waals surface area contributed by atoms with Gasteiger partial charge in [-0.1, -0.05) is 11.8 Å². The molecule has 2 fully saturated rings. The van der Waals surface area contributed by atoms with E-state index in [9.17, 15) is 0 Å². The Morgan fingerprint density at radius 2 is 1.94 bits per heavy atom. The molecule has 0 radical (unpaired) electrons. The van der Waals surface area contributed by atoms with Crippen molar-refractivity contribution >= 4 is 34.4 Å². The molecular formula is C23H24N6OS. The van der Waals surface area contributed by atoms with Gasteiger partial charge in [-0.15, -0.1) is 0 Å². The normalized spacial score (nSPS) is 20.8. The molecule has 0 bridgehead atoms. The maximum Gasteiger partial charge on any atom is 0.211 e. The summed E-state index contributed by atoms with van der Waals surface area (Å²) in [6.07, 6.45) is 13.3. The van der Waals surface area contributed by atoms with Crippen LogP contribution in [0.4, 0.5) is 5.95 Å². The lowest BCUT2D eigenvalue weighted by atomic mass is 9.77. The summed E-state index contributed by atoms with van der Waals surface area (Å²) in [5, 5.41) is 0. The van der Waals surface area contributed by atoms with Gasteiger partial charge in [0.1, 0.15) is 5.52 Å². The minimum Gasteiger partial charge on any atom is -0.378 e. The quantitative estimate of drug-likeness (QED) is 0.480. The molecule has 2 saturated heterocycles. The summed E-state index contributed by atoms with van der Waals surface area (Å²) < 4.78 is 8.00. The molecule has 0 aliphatic carbocycles. The van der Waals surface area contributed by atoms with E-state index in [0.29, 0.717) is 11.5 Å². The Morgan fingerprint density at radius 1 is 1.03 bits per heavy atom. The van der Waals surface area contributed by atoms with E-state index >= 15 is 0 Å². The van der Waals surface area contributed by atoms with Crippen molar-refractivity contribution in [3.8, 4) is 0 Å². The highest BCUT2D eigenvalue weighted by atomic mass is 32.2. The van der Waals surface area contributed by atoms with Crippen molar-refractivity contribution < 1.29 is 4.74 Å². The van der Waals surface area contributed by atoms with Gasteiger partial charge < -0.3 is 9.64 Å². The summed E-state index contributed by atoms with van der Waals surface area (Å²) in [5.74, 6) is 0.969. The van der Waals surface area contributed by atoms with Crippen LogP contribution in [0.3, 0.4) is 0 Å². The summed E-state index contributed by atoms with van der Waals surface area (Å²) in [6, 6.07) is 5.90. The van der Waals surface area contributed by atoms with Gasteiger partial charge >= 0.3 is 0 Å². The molecule has 0 saturated carbocycles. The standard InChI is InChI=1S/C23H24N6OS/c1-16-13-23(15-30-16)5-10-28(11-6-23)22-27-14-19(21-26-9-12-29(21)22)31-18-4-8-24-17-3-2-7-25-20(17)18/h2-4,7-9,12,14,16H,5-6,10-11,13,15H2,1H3/t16-/m0/s1. The number of piperidine rings is 1. The fraction of sp³-hybridized carbons (Fsp3) is 0.391. The molecule has 158 valence electrons. The largest absolute Gasteiger partial charge is 0.378 e. The van der Waals surface area contributed by atoms with Crippen LogP contribution < -0.4 is 4.90 Å². The molecule has 7 nitrogen and oxygen atoms in total. The van der Waals surface area contributed by atoms with Crippen molar-refractivity contribution in [1.82, 2.24) is 24.3 Å². The summed E-state index contributed by atoms with van der Waals surface area (Å²) in [6.45, 7) is 5.10. The third-order valence-corrected chi connectivity index (χ3v) is 7.61. The third-order valence-electron chi connectivity index (χ3n) is 6.55. The molecule has 2 aliphatic rings. The lowest BCUT2D eigenvalue weighted by Gasteiger charge is -2.39. The van der Waals surface area contributed by atoms with E-state index in [1.807, 2.05) is 43.0 Å². The minimum atomic E-state index is 0.356. The lowest BCUT2D eigenvalue weighted by molar-refractivity contribution is 0.0975. The number of hydrogen-bond acceptors (Lipinski definition) is 7. The Morgan fingerprint density at radius 3 is 2.77 bits per heavy atom. The number of pyridine rings is 2. The zero-order chi connectivity index (χ0) is 20.8. The molecular weight excluding hydrogens is 408 g/mol. The number of aromatic nitrogens is 5. The van der Waals surface area contributed by atoms with E-state index in [1.54, 1.807) is 18.0 Å². The topological polar surface area (TPSA) is 68.4 Å². The first kappa shape index (κ1) is 19.0. The van der Waals surface area contributed by atoms with Crippen molar-refractivity contribution in [1.29, 1.82) is 0 Å². The number of imidazole rings is 1. The Bertz CT molecular complexity index is 1240. The maximum absolute atomic E-state index is 5.89. The second kappa shape index (κ2) is 7.46. The SMILES string of the molecule is C[C@H]1CC2(CCN(c3ncc(Sc4ccnc5cccnc45)c4nccn34)CC2)CO1. The van der Waals surface area contributed by atoms with E-state index < -0.39 is 0 Å². The zero-order valence-corrected chi connectivity index (χ0v) is 18.3. The van der Waals surface area contributed by atoms with Gasteiger partial charge in [-0.3, -0.25) is 14.4 Å². The van der Waals surface area contributed by atoms with Gasteiger partial charge in [0.15, 0.2) is 5.65 Å². The first-order chi connectivity index (χ1) is 15.2. The molecule has 6 rings (SSSR count). The zero-order valence-electron chi connectivity index (χ0n) is 17.4. The summed E-state index contributed by atoms with van der Waals surface area (Å²) in [7, 11) is 0. The van der Waals surface area contributed by atoms with Crippen LogP contribution in [0.15, 0.2) is 59.0 Å². The number of rotatable bonds is 3. The van der Waals surface area contributed by atoms with Crippen LogP contribution in [0.25, 0.3) is 16.7 Å². The molecule has 0 unspecified atom stereocenters. The second-order valence-electron chi connectivity index (χ2n) is 8.64. The van der Waals surface area contributed by atoms with Crippen LogP contribution in [0.1, 0.15) is 26.2 Å². The molecule has 2 aliphatic heterocycles. The number of ether oxygens (including phenoxy) is 1. The van der Waals surface area contributed by atoms with Crippen LogP contribution in [0.5, 0.6) is 0 Å². The van der Waals surface area contributed by atoms with Crippen LogP contribution in [0.2, 0.25) is 0 Å². The molecule has 0 aromatic carbocycles. The van der Waals surface area contributed by atoms with Crippen molar-refractivity contribution in [3.63, 3.8) is 0 Å². The Balaban J connectivity index is 1.29. The van der Waals surface area contributed by atoms with Crippen LogP contribution in [0, 0.1) is 5.41 Å². The molecule has 31 heavy (non-hydrogen) atoms. The lowest BCUT2D eigenvalue weighted by Crippen LogP contribution is -2.41. The van der Waals surface area contributed by atoms with Crippen molar-refractivity contribution in [2.45, 2.75) is 42.1 Å². The average molecular weight is 433 g/mol. The van der Waals surface area contributed by atoms with Crippen LogP contribution >= 0.6 is 11.8 Å². The highest BCUT2D eigenvalue weighted by Crippen LogP contribution is 2.42. The van der Waals surface area contributed by atoms with Crippen molar-refractivity contribution in [2.75, 3.05) is 24.6 Å². The van der Waals surface area contributed by atoms with Gasteiger partial charge in [0, 0.05) is 49.0 Å². The summed E-state index contributed by atoms with van der Waals surface area (Å²) >= 11 is 1.64.